The van der Waals surface area contributed by atoms with Gasteiger partial charge in [-0.15, -0.1) is 0 Å². The van der Waals surface area contributed by atoms with Gasteiger partial charge in [-0.3, -0.25) is 24.0 Å². The lowest BCUT2D eigenvalue weighted by atomic mass is 10.7. The molecule has 0 aliphatic heterocycles. The Morgan fingerprint density at radius 2 is 0.760 bits per heavy atom. The molecule has 0 aromatic heterocycles. The van der Waals surface area contributed by atoms with Crippen LogP contribution in [-0.4, -0.2) is 71.6 Å². The molecule has 0 unspecified atom stereocenters. The third kappa shape index (κ3) is 149. The Labute approximate surface area is 145 Å². The van der Waals surface area contributed by atoms with Gasteiger partial charge in [-0.25, -0.2) is 0 Å². The first-order valence-electron chi connectivity index (χ1n) is 6.75. The third-order valence-corrected chi connectivity index (χ3v) is 1.07. The number of esters is 2. The van der Waals surface area contributed by atoms with Gasteiger partial charge in [-0.05, 0) is 0 Å². The number of carboxylic acid groups (broad SMARTS) is 3. The van der Waals surface area contributed by atoms with E-state index in [9.17, 15) is 9.59 Å². The van der Waals surface area contributed by atoms with Crippen molar-refractivity contribution in [3.05, 3.63) is 0 Å². The maximum Gasteiger partial charge on any atom is 0.302 e. The summed E-state index contributed by atoms with van der Waals surface area (Å²) in [5.41, 5.74) is 0. The molecule has 0 bridgehead atoms. The summed E-state index contributed by atoms with van der Waals surface area (Å²) >= 11 is 0. The van der Waals surface area contributed by atoms with Crippen LogP contribution in [0.5, 0.6) is 0 Å². The average molecular weight is 370 g/mol. The zero-order valence-electron chi connectivity index (χ0n) is 14.9. The molecule has 0 heterocycles. The highest BCUT2D eigenvalue weighted by Crippen LogP contribution is 1.81. The Morgan fingerprint density at radius 1 is 0.560 bits per heavy atom. The Bertz CT molecular complexity index is 332. The first-order chi connectivity index (χ1) is 11.3. The molecule has 0 rings (SSSR count). The molecule has 0 fully saturated rings. The number of ether oxygens (including phenoxy) is 3. The van der Waals surface area contributed by atoms with Crippen molar-refractivity contribution < 1.29 is 53.5 Å². The van der Waals surface area contributed by atoms with Crippen molar-refractivity contribution in [2.75, 3.05) is 26.4 Å². The molecular formula is C14H26O11. The van der Waals surface area contributed by atoms with E-state index >= 15 is 0 Å². The van der Waals surface area contributed by atoms with Crippen molar-refractivity contribution >= 4 is 29.8 Å². The molecular weight excluding hydrogens is 344 g/mol. The molecule has 148 valence electrons. The summed E-state index contributed by atoms with van der Waals surface area (Å²) in [4.78, 5) is 47.5. The minimum absolute atomic E-state index is 0.232. The van der Waals surface area contributed by atoms with Gasteiger partial charge in [0.05, 0.1) is 13.2 Å². The fourth-order valence-corrected chi connectivity index (χ4v) is 0.591. The van der Waals surface area contributed by atoms with Crippen LogP contribution < -0.4 is 0 Å². The average Bonchev–Trinajstić information content (AvgIpc) is 2.34. The summed E-state index contributed by atoms with van der Waals surface area (Å²) in [5, 5.41) is 22.2. The van der Waals surface area contributed by atoms with Crippen LogP contribution in [0.4, 0.5) is 0 Å². The summed E-state index contributed by atoms with van der Waals surface area (Å²) in [6.45, 7) is 7.02. The molecule has 0 aromatic rings. The van der Waals surface area contributed by atoms with Crippen molar-refractivity contribution in [3.8, 4) is 0 Å². The van der Waals surface area contributed by atoms with Gasteiger partial charge < -0.3 is 29.5 Å². The fourth-order valence-electron chi connectivity index (χ4n) is 0.591. The van der Waals surface area contributed by atoms with Crippen LogP contribution in [0.25, 0.3) is 0 Å². The largest absolute Gasteiger partial charge is 0.481 e. The second-order valence-electron chi connectivity index (χ2n) is 3.85. The lowest BCUT2D eigenvalue weighted by molar-refractivity contribution is -0.144. The SMILES string of the molecule is CC(=O)O.CC(=O)O.CC(=O)O.CC(=O)OCCOCCOC(C)=O. The number of carbonyl (C=O) groups excluding carboxylic acids is 2. The van der Waals surface area contributed by atoms with Crippen LogP contribution in [0.1, 0.15) is 34.6 Å². The van der Waals surface area contributed by atoms with Crippen LogP contribution in [0.3, 0.4) is 0 Å². The van der Waals surface area contributed by atoms with Gasteiger partial charge in [0.15, 0.2) is 0 Å². The van der Waals surface area contributed by atoms with Crippen LogP contribution in [-0.2, 0) is 38.2 Å². The van der Waals surface area contributed by atoms with E-state index in [1.54, 1.807) is 0 Å². The van der Waals surface area contributed by atoms with Crippen molar-refractivity contribution in [3.63, 3.8) is 0 Å². The van der Waals surface area contributed by atoms with Gasteiger partial charge in [0, 0.05) is 34.6 Å². The van der Waals surface area contributed by atoms with Crippen molar-refractivity contribution in [1.82, 2.24) is 0 Å². The normalized spacial score (nSPS) is 7.88. The molecule has 0 aliphatic carbocycles. The van der Waals surface area contributed by atoms with E-state index < -0.39 is 17.9 Å². The molecule has 0 saturated heterocycles. The Balaban J connectivity index is -0.000000150. The number of carbonyl (C=O) groups is 5. The van der Waals surface area contributed by atoms with Gasteiger partial charge >= 0.3 is 11.9 Å². The molecule has 0 aromatic carbocycles. The van der Waals surface area contributed by atoms with Gasteiger partial charge in [0.1, 0.15) is 13.2 Å². The van der Waals surface area contributed by atoms with Gasteiger partial charge in [0.2, 0.25) is 0 Å². The summed E-state index contributed by atoms with van der Waals surface area (Å²) in [6, 6.07) is 0. The molecule has 0 aliphatic rings. The van der Waals surface area contributed by atoms with E-state index in [-0.39, 0.29) is 25.2 Å². The number of aliphatic carboxylic acids is 3. The van der Waals surface area contributed by atoms with E-state index in [2.05, 4.69) is 9.47 Å². The Hall–Kier alpha value is -2.69. The highest BCUT2D eigenvalue weighted by atomic mass is 16.6. The number of rotatable bonds is 6. The maximum atomic E-state index is 10.3. The van der Waals surface area contributed by atoms with Crippen molar-refractivity contribution in [2.24, 2.45) is 0 Å². The first-order valence-corrected chi connectivity index (χ1v) is 6.75. The molecule has 0 spiro atoms. The minimum Gasteiger partial charge on any atom is -0.481 e. The van der Waals surface area contributed by atoms with E-state index in [0.717, 1.165) is 20.8 Å². The number of hydrogen-bond acceptors (Lipinski definition) is 8. The zero-order valence-corrected chi connectivity index (χ0v) is 14.9. The molecule has 3 N–H and O–H groups in total. The predicted octanol–water partition coefficient (Wildman–Crippen LogP) is 0.402. The van der Waals surface area contributed by atoms with Crippen LogP contribution in [0, 0.1) is 0 Å². The number of hydrogen-bond donors (Lipinski definition) is 3. The van der Waals surface area contributed by atoms with E-state index in [1.807, 2.05) is 0 Å². The lowest BCUT2D eigenvalue weighted by Crippen LogP contribution is -2.12. The predicted molar refractivity (Wildman–Crippen MR) is 84.0 cm³/mol. The van der Waals surface area contributed by atoms with Crippen LogP contribution in [0.15, 0.2) is 0 Å². The topological polar surface area (TPSA) is 174 Å². The second kappa shape index (κ2) is 23.6. The van der Waals surface area contributed by atoms with Gasteiger partial charge in [-0.1, -0.05) is 0 Å². The highest BCUT2D eigenvalue weighted by Gasteiger charge is 1.94. The molecule has 0 saturated carbocycles. The molecule has 25 heavy (non-hydrogen) atoms. The van der Waals surface area contributed by atoms with Crippen LogP contribution >= 0.6 is 0 Å². The van der Waals surface area contributed by atoms with Gasteiger partial charge in [-0.2, -0.15) is 0 Å². The molecule has 0 atom stereocenters. The van der Waals surface area contributed by atoms with E-state index in [4.69, 9.17) is 34.4 Å². The monoisotopic (exact) mass is 370 g/mol. The Morgan fingerprint density at radius 3 is 0.920 bits per heavy atom. The maximum absolute atomic E-state index is 10.3. The summed E-state index contributed by atoms with van der Waals surface area (Å²) in [5.74, 6) is -3.16. The summed E-state index contributed by atoms with van der Waals surface area (Å²) in [6.07, 6.45) is 0. The minimum atomic E-state index is -0.833. The third-order valence-electron chi connectivity index (χ3n) is 1.07. The molecule has 0 radical (unpaired) electrons. The number of carboxylic acids is 3. The van der Waals surface area contributed by atoms with E-state index in [1.165, 1.54) is 13.8 Å². The zero-order chi connectivity index (χ0) is 20.8. The van der Waals surface area contributed by atoms with Crippen molar-refractivity contribution in [2.45, 2.75) is 34.6 Å². The lowest BCUT2D eigenvalue weighted by Gasteiger charge is -2.04. The fraction of sp³-hybridized carbons (Fsp3) is 0.643. The molecule has 0 amide bonds. The first kappa shape index (κ1) is 30.2. The van der Waals surface area contributed by atoms with E-state index in [0.29, 0.717) is 13.2 Å². The smallest absolute Gasteiger partial charge is 0.302 e. The molecule has 11 nitrogen and oxygen atoms in total. The van der Waals surface area contributed by atoms with Gasteiger partial charge in [0.25, 0.3) is 17.9 Å². The quantitative estimate of drug-likeness (QED) is 0.436. The molecule has 11 heteroatoms. The van der Waals surface area contributed by atoms with Crippen LogP contribution in [0.2, 0.25) is 0 Å². The summed E-state index contributed by atoms with van der Waals surface area (Å²) < 4.78 is 14.2. The second-order valence-corrected chi connectivity index (χ2v) is 3.85. The highest BCUT2D eigenvalue weighted by molar-refractivity contribution is 5.66. The van der Waals surface area contributed by atoms with Crippen molar-refractivity contribution in [1.29, 1.82) is 0 Å². The standard InChI is InChI=1S/C8H14O5.3C2H4O2/c1-7(9)12-5-3-11-4-6-13-8(2)10;3*1-2(3)4/h3-6H2,1-2H3;3*1H3,(H,3,4). The Kier molecular flexibility index (Phi) is 28.5. The summed E-state index contributed by atoms with van der Waals surface area (Å²) in [7, 11) is 0.